The van der Waals surface area contributed by atoms with Crippen molar-refractivity contribution in [1.29, 1.82) is 0 Å². The second-order valence-electron chi connectivity index (χ2n) is 5.20. The van der Waals surface area contributed by atoms with Crippen LogP contribution in [-0.2, 0) is 0 Å². The summed E-state index contributed by atoms with van der Waals surface area (Å²) in [6.45, 7) is 0. The van der Waals surface area contributed by atoms with Gasteiger partial charge in [-0.2, -0.15) is 0 Å². The van der Waals surface area contributed by atoms with Crippen molar-refractivity contribution in [2.75, 3.05) is 7.05 Å². The van der Waals surface area contributed by atoms with Gasteiger partial charge in [-0.1, -0.05) is 25.7 Å². The fourth-order valence-electron chi connectivity index (χ4n) is 2.93. The molecule has 0 unspecified atom stereocenters. The maximum atomic E-state index is 5.84. The van der Waals surface area contributed by atoms with E-state index in [2.05, 4.69) is 11.9 Å². The number of nitrogens with two attached hydrogens (primary N) is 1. The van der Waals surface area contributed by atoms with E-state index >= 15 is 0 Å². The second kappa shape index (κ2) is 4.63. The monoisotopic (exact) mass is 196 g/mol. The van der Waals surface area contributed by atoms with Gasteiger partial charge in [-0.3, -0.25) is 0 Å². The van der Waals surface area contributed by atoms with Crippen molar-refractivity contribution >= 4 is 0 Å². The van der Waals surface area contributed by atoms with E-state index in [0.29, 0.717) is 6.04 Å². The second-order valence-corrected chi connectivity index (χ2v) is 5.20. The van der Waals surface area contributed by atoms with Crippen LogP contribution >= 0.6 is 0 Å². The van der Waals surface area contributed by atoms with Gasteiger partial charge in [-0.15, -0.1) is 0 Å². The zero-order valence-corrected chi connectivity index (χ0v) is 9.41. The molecule has 2 nitrogen and oxygen atoms in total. The van der Waals surface area contributed by atoms with Gasteiger partial charge < -0.3 is 10.6 Å². The fraction of sp³-hybridized carbons (Fsp3) is 1.00. The van der Waals surface area contributed by atoms with Crippen LogP contribution in [0.3, 0.4) is 0 Å². The third kappa shape index (κ3) is 2.29. The molecule has 0 aromatic heterocycles. The highest BCUT2D eigenvalue weighted by Crippen LogP contribution is 2.29. The van der Waals surface area contributed by atoms with Crippen LogP contribution in [0.2, 0.25) is 0 Å². The Kier molecular flexibility index (Phi) is 3.45. The Balaban J connectivity index is 1.80. The van der Waals surface area contributed by atoms with Crippen molar-refractivity contribution < 1.29 is 0 Å². The van der Waals surface area contributed by atoms with E-state index in [1.807, 2.05) is 0 Å². The maximum absolute atomic E-state index is 5.84. The lowest BCUT2D eigenvalue weighted by Gasteiger charge is -2.43. The summed E-state index contributed by atoms with van der Waals surface area (Å²) in [7, 11) is 2.31. The molecule has 2 N–H and O–H groups in total. The Labute approximate surface area is 87.8 Å². The van der Waals surface area contributed by atoms with Crippen molar-refractivity contribution in [3.63, 3.8) is 0 Å². The van der Waals surface area contributed by atoms with Crippen LogP contribution in [0.4, 0.5) is 0 Å². The fourth-order valence-corrected chi connectivity index (χ4v) is 2.93. The van der Waals surface area contributed by atoms with E-state index in [9.17, 15) is 0 Å². The van der Waals surface area contributed by atoms with Crippen LogP contribution in [0.5, 0.6) is 0 Å². The molecule has 0 atom stereocenters. The molecule has 2 aliphatic rings. The Morgan fingerprint density at radius 3 is 2.00 bits per heavy atom. The Morgan fingerprint density at radius 1 is 0.929 bits per heavy atom. The first kappa shape index (κ1) is 10.4. The molecule has 0 amide bonds. The third-order valence-electron chi connectivity index (χ3n) is 4.13. The normalized spacial score (nSPS) is 35.4. The maximum Gasteiger partial charge on any atom is 0.0125 e. The number of nitrogens with zero attached hydrogens (tertiary/aromatic N) is 1. The third-order valence-corrected chi connectivity index (χ3v) is 4.13. The molecule has 0 aromatic carbocycles. The average molecular weight is 196 g/mol. The molecule has 2 aliphatic carbocycles. The number of hydrogen-bond donors (Lipinski definition) is 1. The van der Waals surface area contributed by atoms with Crippen molar-refractivity contribution in [2.24, 2.45) is 5.73 Å². The molecule has 14 heavy (non-hydrogen) atoms. The van der Waals surface area contributed by atoms with Gasteiger partial charge in [0.1, 0.15) is 0 Å². The van der Waals surface area contributed by atoms with Crippen LogP contribution in [-0.4, -0.2) is 30.1 Å². The molecule has 2 heteroatoms. The van der Waals surface area contributed by atoms with Crippen molar-refractivity contribution in [3.8, 4) is 0 Å². The van der Waals surface area contributed by atoms with Crippen LogP contribution in [0, 0.1) is 0 Å². The zero-order valence-electron chi connectivity index (χ0n) is 9.41. The molecular weight excluding hydrogens is 172 g/mol. The minimum atomic E-state index is 0.494. The molecule has 2 fully saturated rings. The number of rotatable bonds is 2. The first-order valence-electron chi connectivity index (χ1n) is 6.25. The lowest BCUT2D eigenvalue weighted by Crippen LogP contribution is -2.52. The van der Waals surface area contributed by atoms with Gasteiger partial charge >= 0.3 is 0 Å². The average Bonchev–Trinajstić information content (AvgIpc) is 2.40. The van der Waals surface area contributed by atoms with Crippen LogP contribution in [0.25, 0.3) is 0 Å². The molecule has 0 aromatic rings. The van der Waals surface area contributed by atoms with Gasteiger partial charge in [0.2, 0.25) is 0 Å². The van der Waals surface area contributed by atoms with E-state index in [1.165, 1.54) is 51.4 Å². The summed E-state index contributed by atoms with van der Waals surface area (Å²) in [5.74, 6) is 0. The summed E-state index contributed by atoms with van der Waals surface area (Å²) in [6.07, 6.45) is 11.1. The molecule has 0 radical (unpaired) electrons. The summed E-state index contributed by atoms with van der Waals surface area (Å²) in [6, 6.07) is 2.15. The van der Waals surface area contributed by atoms with Crippen molar-refractivity contribution in [3.05, 3.63) is 0 Å². The Hall–Kier alpha value is -0.0800. The van der Waals surface area contributed by atoms with Gasteiger partial charge in [0.15, 0.2) is 0 Å². The van der Waals surface area contributed by atoms with Gasteiger partial charge in [0.05, 0.1) is 0 Å². The summed E-state index contributed by atoms with van der Waals surface area (Å²) < 4.78 is 0. The summed E-state index contributed by atoms with van der Waals surface area (Å²) in [5.41, 5.74) is 5.84. The van der Waals surface area contributed by atoms with E-state index in [4.69, 9.17) is 5.73 Å². The lowest BCUT2D eigenvalue weighted by molar-refractivity contribution is 0.0868. The summed E-state index contributed by atoms with van der Waals surface area (Å²) >= 11 is 0. The van der Waals surface area contributed by atoms with E-state index in [-0.39, 0.29) is 0 Å². The summed E-state index contributed by atoms with van der Waals surface area (Å²) in [5, 5.41) is 0. The predicted molar refractivity (Wildman–Crippen MR) is 60.3 cm³/mol. The molecule has 2 rings (SSSR count). The Bertz CT molecular complexity index is 167. The molecule has 0 aliphatic heterocycles. The minimum absolute atomic E-state index is 0.494. The highest BCUT2D eigenvalue weighted by molar-refractivity contribution is 4.91. The quantitative estimate of drug-likeness (QED) is 0.686. The largest absolute Gasteiger partial charge is 0.328 e. The van der Waals surface area contributed by atoms with E-state index < -0.39 is 0 Å². The molecule has 0 spiro atoms. The molecule has 82 valence electrons. The first-order chi connectivity index (χ1) is 6.77. The lowest BCUT2D eigenvalue weighted by atomic mass is 9.85. The first-order valence-corrected chi connectivity index (χ1v) is 6.25. The van der Waals surface area contributed by atoms with Crippen LogP contribution in [0.15, 0.2) is 0 Å². The highest BCUT2D eigenvalue weighted by atomic mass is 15.2. The molecule has 0 heterocycles. The van der Waals surface area contributed by atoms with E-state index in [0.717, 1.165) is 12.1 Å². The van der Waals surface area contributed by atoms with Gasteiger partial charge in [-0.05, 0) is 32.7 Å². The molecule has 0 saturated heterocycles. The Morgan fingerprint density at radius 2 is 1.50 bits per heavy atom. The van der Waals surface area contributed by atoms with Crippen molar-refractivity contribution in [1.82, 2.24) is 4.90 Å². The standard InChI is InChI=1S/C12H24N2/c1-14(12-8-10(13)9-12)11-6-4-2-3-5-7-11/h10-12H,2-9,13H2,1H3. The van der Waals surface area contributed by atoms with Gasteiger partial charge in [0, 0.05) is 18.1 Å². The number of hydrogen-bond acceptors (Lipinski definition) is 2. The topological polar surface area (TPSA) is 29.3 Å². The van der Waals surface area contributed by atoms with Crippen molar-refractivity contribution in [2.45, 2.75) is 69.5 Å². The molecule has 2 saturated carbocycles. The molecular formula is C12H24N2. The van der Waals surface area contributed by atoms with Crippen LogP contribution in [0.1, 0.15) is 51.4 Å². The highest BCUT2D eigenvalue weighted by Gasteiger charge is 2.32. The zero-order chi connectivity index (χ0) is 9.97. The minimum Gasteiger partial charge on any atom is -0.328 e. The van der Waals surface area contributed by atoms with Crippen LogP contribution < -0.4 is 5.73 Å². The van der Waals surface area contributed by atoms with E-state index in [1.54, 1.807) is 0 Å². The van der Waals surface area contributed by atoms with Gasteiger partial charge in [-0.25, -0.2) is 0 Å². The predicted octanol–water partition coefficient (Wildman–Crippen LogP) is 2.13. The summed E-state index contributed by atoms with van der Waals surface area (Å²) in [4.78, 5) is 2.62. The smallest absolute Gasteiger partial charge is 0.0125 e. The van der Waals surface area contributed by atoms with Gasteiger partial charge in [0.25, 0.3) is 0 Å². The SMILES string of the molecule is CN(C1CCCCCC1)C1CC(N)C1. The molecule has 0 bridgehead atoms.